The van der Waals surface area contributed by atoms with Gasteiger partial charge in [0, 0.05) is 0 Å². The molecular formula is C28H24N2O4. The second-order valence-corrected chi connectivity index (χ2v) is 7.47. The number of benzene rings is 4. The van der Waals surface area contributed by atoms with Crippen LogP contribution in [0.15, 0.2) is 108 Å². The lowest BCUT2D eigenvalue weighted by Crippen LogP contribution is -2.17. The fourth-order valence-corrected chi connectivity index (χ4v) is 3.20. The lowest BCUT2D eigenvalue weighted by molar-refractivity contribution is 0.0952. The van der Waals surface area contributed by atoms with E-state index in [9.17, 15) is 9.90 Å². The van der Waals surface area contributed by atoms with Crippen molar-refractivity contribution in [2.45, 2.75) is 13.2 Å². The van der Waals surface area contributed by atoms with Crippen molar-refractivity contribution in [2.24, 2.45) is 5.10 Å². The van der Waals surface area contributed by atoms with Gasteiger partial charge >= 0.3 is 0 Å². The van der Waals surface area contributed by atoms with E-state index in [2.05, 4.69) is 10.5 Å². The van der Waals surface area contributed by atoms with Gasteiger partial charge in [-0.25, -0.2) is 5.43 Å². The molecule has 0 aliphatic heterocycles. The predicted octanol–water partition coefficient (Wildman–Crippen LogP) is 5.31. The highest BCUT2D eigenvalue weighted by molar-refractivity contribution is 5.97. The molecule has 0 unspecified atom stereocenters. The summed E-state index contributed by atoms with van der Waals surface area (Å²) in [6.45, 7) is 0.791. The molecule has 170 valence electrons. The first kappa shape index (κ1) is 22.6. The van der Waals surface area contributed by atoms with Crippen LogP contribution >= 0.6 is 0 Å². The number of carbonyl (C=O) groups is 1. The molecule has 0 atom stereocenters. The van der Waals surface area contributed by atoms with Crippen LogP contribution in [0.3, 0.4) is 0 Å². The number of ether oxygens (including phenoxy) is 2. The summed E-state index contributed by atoms with van der Waals surface area (Å²) in [5, 5.41) is 13.8. The molecule has 4 aromatic rings. The van der Waals surface area contributed by atoms with Crippen LogP contribution in [-0.4, -0.2) is 17.2 Å². The second-order valence-electron chi connectivity index (χ2n) is 7.47. The summed E-state index contributed by atoms with van der Waals surface area (Å²) >= 11 is 0. The Morgan fingerprint density at radius 3 is 2.00 bits per heavy atom. The van der Waals surface area contributed by atoms with Crippen molar-refractivity contribution in [3.63, 3.8) is 0 Å². The van der Waals surface area contributed by atoms with Crippen molar-refractivity contribution in [1.29, 1.82) is 0 Å². The van der Waals surface area contributed by atoms with Gasteiger partial charge in [-0.1, -0.05) is 72.8 Å². The Hall–Kier alpha value is -4.58. The first-order chi connectivity index (χ1) is 16.7. The van der Waals surface area contributed by atoms with Crippen molar-refractivity contribution in [2.75, 3.05) is 0 Å². The number of hydrogen-bond acceptors (Lipinski definition) is 5. The lowest BCUT2D eigenvalue weighted by atomic mass is 10.2. The first-order valence-electron chi connectivity index (χ1n) is 10.8. The molecule has 34 heavy (non-hydrogen) atoms. The Kier molecular flexibility index (Phi) is 7.54. The molecule has 0 spiro atoms. The molecule has 0 radical (unpaired) electrons. The van der Waals surface area contributed by atoms with Gasteiger partial charge in [-0.3, -0.25) is 4.79 Å². The van der Waals surface area contributed by atoms with E-state index in [-0.39, 0.29) is 11.3 Å². The minimum atomic E-state index is -0.502. The maximum absolute atomic E-state index is 12.2. The van der Waals surface area contributed by atoms with E-state index in [1.807, 2.05) is 72.8 Å². The molecule has 0 fully saturated rings. The molecule has 4 rings (SSSR count). The van der Waals surface area contributed by atoms with Crippen LogP contribution in [-0.2, 0) is 13.2 Å². The van der Waals surface area contributed by atoms with Gasteiger partial charge < -0.3 is 14.6 Å². The zero-order valence-corrected chi connectivity index (χ0v) is 18.4. The van der Waals surface area contributed by atoms with Gasteiger partial charge in [0.2, 0.25) is 0 Å². The summed E-state index contributed by atoms with van der Waals surface area (Å²) in [5.41, 5.74) is 5.37. The van der Waals surface area contributed by atoms with Crippen LogP contribution in [0.1, 0.15) is 27.0 Å². The van der Waals surface area contributed by atoms with Gasteiger partial charge in [0.1, 0.15) is 19.0 Å². The average Bonchev–Trinajstić information content (AvgIpc) is 2.88. The van der Waals surface area contributed by atoms with E-state index in [1.165, 1.54) is 18.3 Å². The number of para-hydroxylation sites is 1. The van der Waals surface area contributed by atoms with Gasteiger partial charge in [0.15, 0.2) is 11.5 Å². The smallest absolute Gasteiger partial charge is 0.275 e. The number of hydrazone groups is 1. The molecule has 0 saturated carbocycles. The monoisotopic (exact) mass is 452 g/mol. The van der Waals surface area contributed by atoms with Crippen LogP contribution in [0.2, 0.25) is 0 Å². The summed E-state index contributed by atoms with van der Waals surface area (Å²) in [5.74, 6) is 0.565. The number of nitrogens with zero attached hydrogens (tertiary/aromatic N) is 1. The number of aromatic hydroxyl groups is 1. The fourth-order valence-electron chi connectivity index (χ4n) is 3.20. The minimum Gasteiger partial charge on any atom is -0.507 e. The van der Waals surface area contributed by atoms with Crippen LogP contribution < -0.4 is 14.9 Å². The van der Waals surface area contributed by atoms with E-state index in [4.69, 9.17) is 9.47 Å². The number of phenolic OH excluding ortho intramolecular Hbond substituents is 1. The fraction of sp³-hybridized carbons (Fsp3) is 0.0714. The number of phenols is 1. The van der Waals surface area contributed by atoms with E-state index in [0.29, 0.717) is 30.3 Å². The molecule has 0 heterocycles. The van der Waals surface area contributed by atoms with Crippen LogP contribution in [0, 0.1) is 0 Å². The third-order valence-corrected chi connectivity index (χ3v) is 4.97. The Balaban J connectivity index is 1.48. The molecular weight excluding hydrogens is 428 g/mol. The SMILES string of the molecule is O=C(N/N=C\c1ccc(OCc2ccccc2)c(OCc2ccccc2)c1)c1ccccc1O. The highest BCUT2D eigenvalue weighted by Crippen LogP contribution is 2.29. The number of hydrogen-bond donors (Lipinski definition) is 2. The van der Waals surface area contributed by atoms with Gasteiger partial charge in [0.25, 0.3) is 5.91 Å². The standard InChI is InChI=1S/C28H24N2O4/c31-25-14-8-7-13-24(25)28(32)30-29-18-23-15-16-26(33-19-21-9-3-1-4-10-21)27(17-23)34-20-22-11-5-2-6-12-22/h1-18,31H,19-20H2,(H,30,32)/b29-18-. The van der Waals surface area contributed by atoms with Crippen LogP contribution in [0.4, 0.5) is 0 Å². The van der Waals surface area contributed by atoms with Crippen LogP contribution in [0.5, 0.6) is 17.2 Å². The van der Waals surface area contributed by atoms with E-state index < -0.39 is 5.91 Å². The molecule has 0 aliphatic rings. The van der Waals surface area contributed by atoms with E-state index in [0.717, 1.165) is 11.1 Å². The zero-order valence-electron chi connectivity index (χ0n) is 18.4. The number of carbonyl (C=O) groups excluding carboxylic acids is 1. The summed E-state index contributed by atoms with van der Waals surface area (Å²) in [6, 6.07) is 31.5. The molecule has 4 aromatic carbocycles. The Morgan fingerprint density at radius 2 is 1.35 bits per heavy atom. The highest BCUT2D eigenvalue weighted by Gasteiger charge is 2.10. The van der Waals surface area contributed by atoms with E-state index >= 15 is 0 Å². The van der Waals surface area contributed by atoms with Crippen molar-refractivity contribution in [3.05, 3.63) is 125 Å². The summed E-state index contributed by atoms with van der Waals surface area (Å²) < 4.78 is 12.1. The van der Waals surface area contributed by atoms with E-state index in [1.54, 1.807) is 18.2 Å². The molecule has 6 heteroatoms. The van der Waals surface area contributed by atoms with Crippen molar-refractivity contribution in [3.8, 4) is 17.2 Å². The van der Waals surface area contributed by atoms with Gasteiger partial charge in [0.05, 0.1) is 11.8 Å². The van der Waals surface area contributed by atoms with Crippen molar-refractivity contribution in [1.82, 2.24) is 5.43 Å². The van der Waals surface area contributed by atoms with Crippen molar-refractivity contribution < 1.29 is 19.4 Å². The molecule has 2 N–H and O–H groups in total. The third kappa shape index (κ3) is 6.23. The average molecular weight is 453 g/mol. The first-order valence-corrected chi connectivity index (χ1v) is 10.8. The molecule has 0 saturated heterocycles. The third-order valence-electron chi connectivity index (χ3n) is 4.97. The molecule has 1 amide bonds. The van der Waals surface area contributed by atoms with Gasteiger partial charge in [-0.2, -0.15) is 5.10 Å². The zero-order chi connectivity index (χ0) is 23.6. The summed E-state index contributed by atoms with van der Waals surface area (Å²) in [6.07, 6.45) is 1.51. The predicted molar refractivity (Wildman–Crippen MR) is 131 cm³/mol. The number of amides is 1. The summed E-state index contributed by atoms with van der Waals surface area (Å²) in [7, 11) is 0. The number of nitrogens with one attached hydrogen (secondary N) is 1. The molecule has 6 nitrogen and oxygen atoms in total. The topological polar surface area (TPSA) is 80.2 Å². The van der Waals surface area contributed by atoms with Crippen molar-refractivity contribution >= 4 is 12.1 Å². The molecule has 0 bridgehead atoms. The Morgan fingerprint density at radius 1 is 0.765 bits per heavy atom. The molecule has 0 aliphatic carbocycles. The maximum atomic E-state index is 12.2. The lowest BCUT2D eigenvalue weighted by Gasteiger charge is -2.14. The second kappa shape index (κ2) is 11.3. The highest BCUT2D eigenvalue weighted by atomic mass is 16.5. The Bertz CT molecular complexity index is 1260. The largest absolute Gasteiger partial charge is 0.507 e. The van der Waals surface area contributed by atoms with Gasteiger partial charge in [-0.15, -0.1) is 0 Å². The quantitative estimate of drug-likeness (QED) is 0.266. The summed E-state index contributed by atoms with van der Waals surface area (Å²) in [4.78, 5) is 12.2. The van der Waals surface area contributed by atoms with Crippen LogP contribution in [0.25, 0.3) is 0 Å². The van der Waals surface area contributed by atoms with Gasteiger partial charge in [-0.05, 0) is 47.0 Å². The Labute approximate surface area is 198 Å². The maximum Gasteiger partial charge on any atom is 0.275 e. The number of rotatable bonds is 9. The molecule has 0 aromatic heterocycles. The normalized spacial score (nSPS) is 10.7. The minimum absolute atomic E-state index is 0.105.